The van der Waals surface area contributed by atoms with E-state index in [9.17, 15) is 0 Å². The van der Waals surface area contributed by atoms with Crippen molar-refractivity contribution >= 4 is 23.2 Å². The van der Waals surface area contributed by atoms with Gasteiger partial charge in [-0.1, -0.05) is 49.5 Å². The molecule has 1 saturated carbocycles. The molecule has 1 fully saturated rings. The first-order valence-electron chi connectivity index (χ1n) is 6.30. The van der Waals surface area contributed by atoms with Crippen molar-refractivity contribution in [3.8, 4) is 0 Å². The van der Waals surface area contributed by atoms with Crippen LogP contribution in [0.15, 0.2) is 18.2 Å². The average molecular weight is 272 g/mol. The second-order valence-corrected chi connectivity index (χ2v) is 5.69. The van der Waals surface area contributed by atoms with E-state index < -0.39 is 0 Å². The molecular formula is C14H19Cl2N. The van der Waals surface area contributed by atoms with Crippen LogP contribution in [-0.4, -0.2) is 13.1 Å². The monoisotopic (exact) mass is 271 g/mol. The van der Waals surface area contributed by atoms with Gasteiger partial charge in [-0.2, -0.15) is 0 Å². The third kappa shape index (κ3) is 2.47. The Kier molecular flexibility index (Phi) is 4.02. The fourth-order valence-electron chi connectivity index (χ4n) is 2.74. The van der Waals surface area contributed by atoms with Gasteiger partial charge in [-0.15, -0.1) is 0 Å². The van der Waals surface area contributed by atoms with E-state index in [1.165, 1.54) is 18.4 Å². The van der Waals surface area contributed by atoms with Crippen molar-refractivity contribution < 1.29 is 0 Å². The molecule has 0 aromatic heterocycles. The average Bonchev–Trinajstić information content (AvgIpc) is 3.05. The van der Waals surface area contributed by atoms with Crippen LogP contribution in [0.2, 0.25) is 10.0 Å². The van der Waals surface area contributed by atoms with Crippen LogP contribution in [0.1, 0.15) is 32.3 Å². The van der Waals surface area contributed by atoms with Gasteiger partial charge in [0.15, 0.2) is 0 Å². The summed E-state index contributed by atoms with van der Waals surface area (Å²) in [6.45, 7) is 6.46. The van der Waals surface area contributed by atoms with Gasteiger partial charge in [0.25, 0.3) is 0 Å². The maximum Gasteiger partial charge on any atom is 0.0595 e. The minimum atomic E-state index is 0.291. The van der Waals surface area contributed by atoms with Gasteiger partial charge in [0.2, 0.25) is 0 Å². The summed E-state index contributed by atoms with van der Waals surface area (Å²) in [5.74, 6) is 0.777. The number of rotatable bonds is 5. The number of halogens is 2. The van der Waals surface area contributed by atoms with Gasteiger partial charge in [-0.3, -0.25) is 0 Å². The number of hydrogen-bond acceptors (Lipinski definition) is 1. The Balaban J connectivity index is 2.25. The maximum atomic E-state index is 6.12. The Morgan fingerprint density at radius 2 is 2.06 bits per heavy atom. The Labute approximate surface area is 114 Å². The molecule has 17 heavy (non-hydrogen) atoms. The molecule has 0 spiro atoms. The summed E-state index contributed by atoms with van der Waals surface area (Å²) in [5, 5.41) is 4.78. The molecule has 1 aliphatic carbocycles. The molecule has 1 aromatic carbocycles. The van der Waals surface area contributed by atoms with Crippen LogP contribution in [-0.2, 0) is 5.41 Å². The van der Waals surface area contributed by atoms with Gasteiger partial charge in [-0.25, -0.2) is 0 Å². The SMILES string of the molecule is CCNCC1(c2ccc(Cl)c(Cl)c2)CC1CC. The standard InChI is InChI=1S/C14H19Cl2N/c1-3-10-8-14(10,9-17-4-2)11-5-6-12(15)13(16)7-11/h5-7,10,17H,3-4,8-9H2,1-2H3. The molecule has 1 nitrogen and oxygen atoms in total. The van der Waals surface area contributed by atoms with Crippen molar-refractivity contribution in [2.24, 2.45) is 5.92 Å². The summed E-state index contributed by atoms with van der Waals surface area (Å²) in [5.41, 5.74) is 1.62. The number of likely N-dealkylation sites (N-methyl/N-ethyl adjacent to an activating group) is 1. The molecule has 2 rings (SSSR count). The molecule has 0 saturated heterocycles. The number of benzene rings is 1. The lowest BCUT2D eigenvalue weighted by atomic mass is 9.92. The largest absolute Gasteiger partial charge is 0.316 e. The van der Waals surface area contributed by atoms with Crippen LogP contribution in [0.3, 0.4) is 0 Å². The quantitative estimate of drug-likeness (QED) is 0.844. The van der Waals surface area contributed by atoms with Crippen LogP contribution >= 0.6 is 23.2 Å². The predicted molar refractivity (Wildman–Crippen MR) is 75.1 cm³/mol. The lowest BCUT2D eigenvalue weighted by Gasteiger charge is -2.19. The zero-order chi connectivity index (χ0) is 12.5. The molecule has 3 heteroatoms. The molecule has 0 heterocycles. The van der Waals surface area contributed by atoms with Gasteiger partial charge in [0, 0.05) is 12.0 Å². The maximum absolute atomic E-state index is 6.12. The fourth-order valence-corrected chi connectivity index (χ4v) is 3.04. The molecule has 2 atom stereocenters. The second kappa shape index (κ2) is 5.17. The summed E-state index contributed by atoms with van der Waals surface area (Å²) in [6, 6.07) is 6.08. The van der Waals surface area contributed by atoms with Gasteiger partial charge < -0.3 is 5.32 Å². The van der Waals surface area contributed by atoms with Crippen molar-refractivity contribution in [3.63, 3.8) is 0 Å². The first-order valence-corrected chi connectivity index (χ1v) is 7.06. The first-order chi connectivity index (χ1) is 8.14. The van der Waals surface area contributed by atoms with Crippen LogP contribution in [0.25, 0.3) is 0 Å². The highest BCUT2D eigenvalue weighted by atomic mass is 35.5. The lowest BCUT2D eigenvalue weighted by Crippen LogP contribution is -2.28. The highest BCUT2D eigenvalue weighted by Gasteiger charge is 2.53. The van der Waals surface area contributed by atoms with Crippen molar-refractivity contribution in [1.82, 2.24) is 5.32 Å². The summed E-state index contributed by atoms with van der Waals surface area (Å²) < 4.78 is 0. The second-order valence-electron chi connectivity index (χ2n) is 4.87. The third-order valence-electron chi connectivity index (χ3n) is 3.91. The normalized spacial score (nSPS) is 27.2. The Morgan fingerprint density at radius 1 is 1.29 bits per heavy atom. The van der Waals surface area contributed by atoms with E-state index in [-0.39, 0.29) is 0 Å². The lowest BCUT2D eigenvalue weighted by molar-refractivity contribution is 0.534. The van der Waals surface area contributed by atoms with Crippen molar-refractivity contribution in [3.05, 3.63) is 33.8 Å². The molecule has 1 N–H and O–H groups in total. The third-order valence-corrected chi connectivity index (χ3v) is 4.65. The van der Waals surface area contributed by atoms with Crippen molar-refractivity contribution in [1.29, 1.82) is 0 Å². The van der Waals surface area contributed by atoms with E-state index in [1.807, 2.05) is 12.1 Å². The van der Waals surface area contributed by atoms with Gasteiger partial charge in [-0.05, 0) is 36.6 Å². The molecule has 0 amide bonds. The van der Waals surface area contributed by atoms with E-state index in [4.69, 9.17) is 23.2 Å². The molecule has 2 unspecified atom stereocenters. The molecule has 1 aromatic rings. The molecular weight excluding hydrogens is 253 g/mol. The van der Waals surface area contributed by atoms with Crippen molar-refractivity contribution in [2.45, 2.75) is 32.1 Å². The van der Waals surface area contributed by atoms with Crippen LogP contribution in [0.5, 0.6) is 0 Å². The number of nitrogens with one attached hydrogen (secondary N) is 1. The van der Waals surface area contributed by atoms with Gasteiger partial charge in [0.05, 0.1) is 10.0 Å². The van der Waals surface area contributed by atoms with E-state index in [0.29, 0.717) is 15.5 Å². The summed E-state index contributed by atoms with van der Waals surface area (Å²) in [6.07, 6.45) is 2.49. The van der Waals surface area contributed by atoms with E-state index in [0.717, 1.165) is 19.0 Å². The van der Waals surface area contributed by atoms with Gasteiger partial charge in [0.1, 0.15) is 0 Å². The fraction of sp³-hybridized carbons (Fsp3) is 0.571. The Hall–Kier alpha value is -0.240. The molecule has 0 bridgehead atoms. The van der Waals surface area contributed by atoms with Gasteiger partial charge >= 0.3 is 0 Å². The highest BCUT2D eigenvalue weighted by Crippen LogP contribution is 2.56. The summed E-state index contributed by atoms with van der Waals surface area (Å²) in [7, 11) is 0. The summed E-state index contributed by atoms with van der Waals surface area (Å²) in [4.78, 5) is 0. The smallest absolute Gasteiger partial charge is 0.0595 e. The summed E-state index contributed by atoms with van der Waals surface area (Å²) >= 11 is 12.1. The Morgan fingerprint density at radius 3 is 2.59 bits per heavy atom. The minimum Gasteiger partial charge on any atom is -0.316 e. The zero-order valence-electron chi connectivity index (χ0n) is 10.4. The van der Waals surface area contributed by atoms with Crippen LogP contribution in [0.4, 0.5) is 0 Å². The number of hydrogen-bond donors (Lipinski definition) is 1. The molecule has 0 aliphatic heterocycles. The minimum absolute atomic E-state index is 0.291. The van der Waals surface area contributed by atoms with E-state index in [2.05, 4.69) is 25.2 Å². The highest BCUT2D eigenvalue weighted by molar-refractivity contribution is 6.42. The first kappa shape index (κ1) is 13.2. The van der Waals surface area contributed by atoms with E-state index in [1.54, 1.807) is 0 Å². The van der Waals surface area contributed by atoms with Crippen molar-refractivity contribution in [2.75, 3.05) is 13.1 Å². The predicted octanol–water partition coefficient (Wildman–Crippen LogP) is 4.27. The molecule has 94 valence electrons. The topological polar surface area (TPSA) is 12.0 Å². The van der Waals surface area contributed by atoms with E-state index >= 15 is 0 Å². The van der Waals surface area contributed by atoms with Crippen LogP contribution < -0.4 is 5.32 Å². The Bertz CT molecular complexity index is 405. The zero-order valence-corrected chi connectivity index (χ0v) is 11.9. The van der Waals surface area contributed by atoms with Crippen LogP contribution in [0, 0.1) is 5.92 Å². The molecule has 0 radical (unpaired) electrons. The molecule has 1 aliphatic rings.